The van der Waals surface area contributed by atoms with E-state index >= 15 is 0 Å². The maximum atomic E-state index is 11.6. The number of thioether (sulfide) groups is 1. The Morgan fingerprint density at radius 2 is 1.95 bits per heavy atom. The first kappa shape index (κ1) is 18.6. The van der Waals surface area contributed by atoms with E-state index in [2.05, 4.69) is 15.4 Å². The summed E-state index contributed by atoms with van der Waals surface area (Å²) in [5.41, 5.74) is 0. The number of carbonyl (C=O) groups is 3. The van der Waals surface area contributed by atoms with Gasteiger partial charge in [0.15, 0.2) is 0 Å². The number of carbonyl (C=O) groups excluding carboxylic acids is 2. The van der Waals surface area contributed by atoms with Gasteiger partial charge in [0.25, 0.3) is 0 Å². The van der Waals surface area contributed by atoms with E-state index in [4.69, 9.17) is 5.11 Å². The Morgan fingerprint density at radius 1 is 1.35 bits per heavy atom. The van der Waals surface area contributed by atoms with E-state index in [9.17, 15) is 14.4 Å². The number of carboxylic acid groups (broad SMARTS) is 1. The first-order chi connectivity index (χ1) is 9.21. The molecule has 0 aliphatic carbocycles. The predicted octanol–water partition coefficient (Wildman–Crippen LogP) is 0.834. The largest absolute Gasteiger partial charge is 0.480 e. The molecule has 0 spiro atoms. The molecule has 1 atom stereocenters. The van der Waals surface area contributed by atoms with Crippen molar-refractivity contribution in [1.29, 1.82) is 0 Å². The Labute approximate surface area is 122 Å². The highest BCUT2D eigenvalue weighted by Crippen LogP contribution is 2.19. The molecule has 7 nitrogen and oxygen atoms in total. The summed E-state index contributed by atoms with van der Waals surface area (Å²) in [6.07, 6.45) is 1.85. The van der Waals surface area contributed by atoms with E-state index in [0.717, 1.165) is 0 Å². The van der Waals surface area contributed by atoms with Crippen molar-refractivity contribution >= 4 is 29.7 Å². The molecule has 3 N–H and O–H groups in total. The van der Waals surface area contributed by atoms with Crippen LogP contribution in [0.5, 0.6) is 0 Å². The quantitative estimate of drug-likeness (QED) is 0.574. The van der Waals surface area contributed by atoms with Crippen LogP contribution in [0.4, 0.5) is 4.79 Å². The molecule has 0 saturated carbocycles. The van der Waals surface area contributed by atoms with Crippen LogP contribution < -0.4 is 10.6 Å². The molecule has 0 radical (unpaired) electrons. The van der Waals surface area contributed by atoms with Crippen LogP contribution in [0.25, 0.3) is 0 Å². The molecule has 0 aliphatic heterocycles. The highest BCUT2D eigenvalue weighted by molar-refractivity contribution is 7.99. The second-order valence-electron chi connectivity index (χ2n) is 4.80. The monoisotopic (exact) mass is 306 g/mol. The molecule has 0 rings (SSSR count). The summed E-state index contributed by atoms with van der Waals surface area (Å²) in [7, 11) is 1.22. The van der Waals surface area contributed by atoms with Crippen LogP contribution in [0.15, 0.2) is 0 Å². The lowest BCUT2D eigenvalue weighted by atomic mass is 10.1. The van der Waals surface area contributed by atoms with Crippen molar-refractivity contribution in [2.75, 3.05) is 19.9 Å². The highest BCUT2D eigenvalue weighted by Gasteiger charge is 2.22. The lowest BCUT2D eigenvalue weighted by Crippen LogP contribution is -2.48. The minimum Gasteiger partial charge on any atom is -0.480 e. The summed E-state index contributed by atoms with van der Waals surface area (Å²) >= 11 is 1.59. The van der Waals surface area contributed by atoms with Gasteiger partial charge < -0.3 is 20.5 Å². The van der Waals surface area contributed by atoms with Crippen molar-refractivity contribution in [2.45, 2.75) is 37.5 Å². The van der Waals surface area contributed by atoms with Crippen molar-refractivity contribution < 1.29 is 24.2 Å². The molecule has 0 bridgehead atoms. The number of ether oxygens (including phenoxy) is 1. The first-order valence-electron chi connectivity index (χ1n) is 6.11. The van der Waals surface area contributed by atoms with Gasteiger partial charge in [-0.3, -0.25) is 4.79 Å². The summed E-state index contributed by atoms with van der Waals surface area (Å²) in [5, 5.41) is 13.9. The SMILES string of the molecule is COC(=O)CC[C@H](NC(=O)NCC(C)(C)SC)C(=O)O. The van der Waals surface area contributed by atoms with Gasteiger partial charge in [-0.15, -0.1) is 0 Å². The van der Waals surface area contributed by atoms with Gasteiger partial charge >= 0.3 is 18.0 Å². The molecular weight excluding hydrogens is 284 g/mol. The van der Waals surface area contributed by atoms with Crippen LogP contribution in [-0.4, -0.2) is 53.8 Å². The van der Waals surface area contributed by atoms with E-state index in [1.165, 1.54) is 7.11 Å². The zero-order valence-electron chi connectivity index (χ0n) is 12.2. The Morgan fingerprint density at radius 3 is 2.40 bits per heavy atom. The number of carboxylic acids is 1. The molecule has 0 fully saturated rings. The summed E-state index contributed by atoms with van der Waals surface area (Å²) in [6.45, 7) is 4.33. The second kappa shape index (κ2) is 8.68. The number of aliphatic carboxylic acids is 1. The number of methoxy groups -OCH3 is 1. The van der Waals surface area contributed by atoms with E-state index in [0.29, 0.717) is 6.54 Å². The molecular formula is C12H22N2O5S. The third-order valence-electron chi connectivity index (χ3n) is 2.70. The number of nitrogens with one attached hydrogen (secondary N) is 2. The summed E-state index contributed by atoms with van der Waals surface area (Å²) in [6, 6.07) is -1.68. The molecule has 0 aromatic carbocycles. The number of hydrogen-bond donors (Lipinski definition) is 3. The van der Waals surface area contributed by atoms with Crippen molar-refractivity contribution in [1.82, 2.24) is 10.6 Å². The maximum absolute atomic E-state index is 11.6. The minimum atomic E-state index is -1.19. The van der Waals surface area contributed by atoms with E-state index in [-0.39, 0.29) is 17.6 Å². The number of urea groups is 1. The topological polar surface area (TPSA) is 105 Å². The van der Waals surface area contributed by atoms with Crippen molar-refractivity contribution in [3.63, 3.8) is 0 Å². The standard InChI is InChI=1S/C12H22N2O5S/c1-12(2,20-4)7-13-11(18)14-8(10(16)17)5-6-9(15)19-3/h8H,5-7H2,1-4H3,(H,16,17)(H2,13,14,18)/t8-/m0/s1. The number of rotatable bonds is 8. The van der Waals surface area contributed by atoms with Crippen molar-refractivity contribution in [2.24, 2.45) is 0 Å². The molecule has 116 valence electrons. The first-order valence-corrected chi connectivity index (χ1v) is 7.33. The smallest absolute Gasteiger partial charge is 0.326 e. The fourth-order valence-electron chi connectivity index (χ4n) is 1.20. The average Bonchev–Trinajstić information content (AvgIpc) is 2.40. The molecule has 0 aromatic rings. The van der Waals surface area contributed by atoms with Gasteiger partial charge in [0.1, 0.15) is 6.04 Å². The predicted molar refractivity (Wildman–Crippen MR) is 76.8 cm³/mol. The Balaban J connectivity index is 4.28. The van der Waals surface area contributed by atoms with Crippen molar-refractivity contribution in [3.8, 4) is 0 Å². The lowest BCUT2D eigenvalue weighted by Gasteiger charge is -2.23. The molecule has 0 aromatic heterocycles. The molecule has 0 unspecified atom stereocenters. The maximum Gasteiger partial charge on any atom is 0.326 e. The fourth-order valence-corrected chi connectivity index (χ4v) is 1.41. The highest BCUT2D eigenvalue weighted by atomic mass is 32.2. The Hall–Kier alpha value is -1.44. The van der Waals surface area contributed by atoms with Crippen LogP contribution in [0.1, 0.15) is 26.7 Å². The second-order valence-corrected chi connectivity index (χ2v) is 6.31. The average molecular weight is 306 g/mol. The van der Waals surface area contributed by atoms with Gasteiger partial charge in [0.05, 0.1) is 7.11 Å². The molecule has 20 heavy (non-hydrogen) atoms. The van der Waals surface area contributed by atoms with Crippen LogP contribution in [0.3, 0.4) is 0 Å². The van der Waals surface area contributed by atoms with Gasteiger partial charge in [-0.25, -0.2) is 9.59 Å². The van der Waals surface area contributed by atoms with Gasteiger partial charge in [0.2, 0.25) is 0 Å². The fraction of sp³-hybridized carbons (Fsp3) is 0.750. The van der Waals surface area contributed by atoms with Crippen LogP contribution >= 0.6 is 11.8 Å². The molecule has 0 aliphatic rings. The number of amides is 2. The van der Waals surface area contributed by atoms with Gasteiger partial charge in [-0.05, 0) is 26.5 Å². The van der Waals surface area contributed by atoms with Gasteiger partial charge in [-0.1, -0.05) is 0 Å². The van der Waals surface area contributed by atoms with E-state index in [1.54, 1.807) is 11.8 Å². The Bertz CT molecular complexity index is 360. The summed E-state index contributed by atoms with van der Waals surface area (Å²) < 4.78 is 4.29. The third-order valence-corrected chi connectivity index (χ3v) is 3.94. The molecule has 8 heteroatoms. The van der Waals surface area contributed by atoms with E-state index in [1.807, 2.05) is 20.1 Å². The zero-order chi connectivity index (χ0) is 15.8. The molecule has 0 heterocycles. The van der Waals surface area contributed by atoms with Gasteiger partial charge in [0, 0.05) is 17.7 Å². The zero-order valence-corrected chi connectivity index (χ0v) is 13.0. The van der Waals surface area contributed by atoms with Crippen LogP contribution in [0, 0.1) is 0 Å². The van der Waals surface area contributed by atoms with Crippen LogP contribution in [-0.2, 0) is 14.3 Å². The Kier molecular flexibility index (Phi) is 8.05. The summed E-state index contributed by atoms with van der Waals surface area (Å²) in [4.78, 5) is 33.6. The normalized spacial score (nSPS) is 12.4. The third kappa shape index (κ3) is 7.88. The van der Waals surface area contributed by atoms with Crippen molar-refractivity contribution in [3.05, 3.63) is 0 Å². The molecule has 0 saturated heterocycles. The van der Waals surface area contributed by atoms with Gasteiger partial charge in [-0.2, -0.15) is 11.8 Å². The summed E-state index contributed by atoms with van der Waals surface area (Å²) in [5.74, 6) is -1.70. The number of esters is 1. The molecule has 2 amide bonds. The minimum absolute atomic E-state index is 0.0126. The van der Waals surface area contributed by atoms with Crippen LogP contribution in [0.2, 0.25) is 0 Å². The lowest BCUT2D eigenvalue weighted by molar-refractivity contribution is -0.142. The number of hydrogen-bond acceptors (Lipinski definition) is 5. The van der Waals surface area contributed by atoms with E-state index < -0.39 is 24.0 Å².